The van der Waals surface area contributed by atoms with Crippen molar-refractivity contribution in [2.24, 2.45) is 0 Å². The molecule has 0 spiro atoms. The Balaban J connectivity index is 3.32. The second-order valence-electron chi connectivity index (χ2n) is 2.49. The van der Waals surface area contributed by atoms with Crippen LogP contribution in [0.2, 0.25) is 5.15 Å². The summed E-state index contributed by atoms with van der Waals surface area (Å²) in [5, 5.41) is -0.985. The van der Waals surface area contributed by atoms with Crippen molar-refractivity contribution in [1.82, 2.24) is 4.98 Å². The minimum atomic E-state index is -4.72. The van der Waals surface area contributed by atoms with Crippen molar-refractivity contribution in [2.45, 2.75) is 12.6 Å². The van der Waals surface area contributed by atoms with Crippen LogP contribution in [0, 0.1) is 0 Å². The number of pyridine rings is 1. The standard InChI is InChI=1S/C7H2BrClF5N/c8-3-1-2(7(12,13)14)5(9)15-4(3)6(10)11/h1,6H. The highest BCUT2D eigenvalue weighted by molar-refractivity contribution is 9.10. The van der Waals surface area contributed by atoms with Crippen LogP contribution in [0.4, 0.5) is 22.0 Å². The fourth-order valence-corrected chi connectivity index (χ4v) is 1.57. The fraction of sp³-hybridized carbons (Fsp3) is 0.286. The number of halogens is 7. The summed E-state index contributed by atoms with van der Waals surface area (Å²) in [5.74, 6) is 0. The number of alkyl halides is 5. The molecule has 0 aliphatic rings. The lowest BCUT2D eigenvalue weighted by Crippen LogP contribution is -2.08. The summed E-state index contributed by atoms with van der Waals surface area (Å²) in [7, 11) is 0. The van der Waals surface area contributed by atoms with Crippen LogP contribution in [0.5, 0.6) is 0 Å². The topological polar surface area (TPSA) is 12.9 Å². The molecule has 1 rings (SSSR count). The van der Waals surface area contributed by atoms with Crippen molar-refractivity contribution in [3.8, 4) is 0 Å². The Bertz CT molecular complexity index is 378. The van der Waals surface area contributed by atoms with Crippen LogP contribution in [0.3, 0.4) is 0 Å². The van der Waals surface area contributed by atoms with E-state index in [1.54, 1.807) is 0 Å². The third kappa shape index (κ3) is 2.78. The van der Waals surface area contributed by atoms with Gasteiger partial charge in [0.1, 0.15) is 10.8 Å². The third-order valence-corrected chi connectivity index (χ3v) is 2.39. The first-order valence-corrected chi connectivity index (χ1v) is 4.62. The Labute approximate surface area is 94.4 Å². The maximum absolute atomic E-state index is 12.2. The summed E-state index contributed by atoms with van der Waals surface area (Å²) in [6.07, 6.45) is -7.70. The van der Waals surface area contributed by atoms with Crippen molar-refractivity contribution < 1.29 is 22.0 Å². The van der Waals surface area contributed by atoms with Gasteiger partial charge in [-0.2, -0.15) is 13.2 Å². The highest BCUT2D eigenvalue weighted by Crippen LogP contribution is 2.37. The van der Waals surface area contributed by atoms with Crippen molar-refractivity contribution >= 4 is 27.5 Å². The maximum atomic E-state index is 12.2. The first-order valence-electron chi connectivity index (χ1n) is 3.44. The van der Waals surface area contributed by atoms with Crippen LogP contribution in [0.1, 0.15) is 17.7 Å². The molecule has 15 heavy (non-hydrogen) atoms. The van der Waals surface area contributed by atoms with E-state index in [0.29, 0.717) is 6.07 Å². The molecule has 1 heterocycles. The molecule has 0 saturated carbocycles. The van der Waals surface area contributed by atoms with E-state index in [1.807, 2.05) is 0 Å². The first-order chi connectivity index (χ1) is 6.73. The fourth-order valence-electron chi connectivity index (χ4n) is 0.831. The van der Waals surface area contributed by atoms with E-state index >= 15 is 0 Å². The van der Waals surface area contributed by atoms with E-state index in [-0.39, 0.29) is 0 Å². The quantitative estimate of drug-likeness (QED) is 0.551. The van der Waals surface area contributed by atoms with Gasteiger partial charge in [-0.1, -0.05) is 11.6 Å². The van der Waals surface area contributed by atoms with Gasteiger partial charge in [0.25, 0.3) is 6.43 Å². The van der Waals surface area contributed by atoms with Gasteiger partial charge in [-0.05, 0) is 22.0 Å². The number of hydrogen-bond donors (Lipinski definition) is 0. The van der Waals surface area contributed by atoms with Crippen LogP contribution >= 0.6 is 27.5 Å². The Morgan fingerprint density at radius 3 is 2.27 bits per heavy atom. The van der Waals surface area contributed by atoms with Crippen molar-refractivity contribution in [2.75, 3.05) is 0 Å². The Morgan fingerprint density at radius 2 is 1.87 bits per heavy atom. The number of aromatic nitrogens is 1. The molecule has 8 heteroatoms. The molecular weight excluding hydrogens is 308 g/mol. The van der Waals surface area contributed by atoms with Gasteiger partial charge >= 0.3 is 6.18 Å². The molecule has 1 aromatic rings. The minimum Gasteiger partial charge on any atom is -0.233 e. The normalized spacial score (nSPS) is 12.3. The molecule has 0 bridgehead atoms. The molecule has 0 amide bonds. The van der Waals surface area contributed by atoms with Gasteiger partial charge in [0.2, 0.25) is 0 Å². The molecule has 0 aromatic carbocycles. The summed E-state index contributed by atoms with van der Waals surface area (Å²) < 4.78 is 60.7. The molecule has 0 fully saturated rings. The van der Waals surface area contributed by atoms with E-state index in [1.165, 1.54) is 0 Å². The number of nitrogens with zero attached hydrogens (tertiary/aromatic N) is 1. The van der Waals surface area contributed by atoms with Crippen molar-refractivity contribution in [3.05, 3.63) is 26.9 Å². The van der Waals surface area contributed by atoms with Crippen molar-refractivity contribution in [1.29, 1.82) is 0 Å². The van der Waals surface area contributed by atoms with Gasteiger partial charge in [-0.25, -0.2) is 13.8 Å². The first kappa shape index (κ1) is 12.6. The predicted octanol–water partition coefficient (Wildman–Crippen LogP) is 4.45. The van der Waals surface area contributed by atoms with Crippen LogP contribution < -0.4 is 0 Å². The van der Waals surface area contributed by atoms with E-state index < -0.39 is 33.5 Å². The second kappa shape index (κ2) is 4.21. The third-order valence-electron chi connectivity index (χ3n) is 1.47. The summed E-state index contributed by atoms with van der Waals surface area (Å²) in [5.41, 5.74) is -2.06. The maximum Gasteiger partial charge on any atom is 0.419 e. The summed E-state index contributed by atoms with van der Waals surface area (Å²) >= 11 is 7.72. The molecule has 84 valence electrons. The smallest absolute Gasteiger partial charge is 0.233 e. The average Bonchev–Trinajstić information content (AvgIpc) is 2.06. The molecule has 1 aromatic heterocycles. The van der Waals surface area contributed by atoms with E-state index in [2.05, 4.69) is 20.9 Å². The largest absolute Gasteiger partial charge is 0.419 e. The van der Waals surface area contributed by atoms with Crippen LogP contribution in [0.15, 0.2) is 10.5 Å². The second-order valence-corrected chi connectivity index (χ2v) is 3.70. The Kier molecular flexibility index (Phi) is 3.55. The zero-order chi connectivity index (χ0) is 11.8. The highest BCUT2D eigenvalue weighted by Gasteiger charge is 2.35. The lowest BCUT2D eigenvalue weighted by atomic mass is 10.2. The van der Waals surface area contributed by atoms with Gasteiger partial charge in [0.15, 0.2) is 0 Å². The average molecular weight is 310 g/mol. The van der Waals surface area contributed by atoms with Gasteiger partial charge in [0.05, 0.1) is 5.56 Å². The van der Waals surface area contributed by atoms with E-state index in [4.69, 9.17) is 11.6 Å². The molecule has 0 aliphatic heterocycles. The lowest BCUT2D eigenvalue weighted by Gasteiger charge is -2.10. The molecule has 0 saturated heterocycles. The Morgan fingerprint density at radius 1 is 1.33 bits per heavy atom. The predicted molar refractivity (Wildman–Crippen MR) is 46.9 cm³/mol. The lowest BCUT2D eigenvalue weighted by molar-refractivity contribution is -0.137. The number of rotatable bonds is 1. The minimum absolute atomic E-state index is 0.422. The molecular formula is C7H2BrClF5N. The summed E-state index contributed by atoms with van der Waals surface area (Å²) in [4.78, 5) is 2.99. The van der Waals surface area contributed by atoms with Crippen molar-refractivity contribution in [3.63, 3.8) is 0 Å². The Hall–Kier alpha value is -0.430. The molecule has 0 aliphatic carbocycles. The van der Waals surface area contributed by atoms with Crippen LogP contribution in [-0.4, -0.2) is 4.98 Å². The molecule has 0 atom stereocenters. The summed E-state index contributed by atoms with van der Waals surface area (Å²) in [6.45, 7) is 0. The molecule has 0 N–H and O–H groups in total. The number of hydrogen-bond acceptors (Lipinski definition) is 1. The molecule has 0 radical (unpaired) electrons. The van der Waals surface area contributed by atoms with Gasteiger partial charge < -0.3 is 0 Å². The zero-order valence-electron chi connectivity index (χ0n) is 6.75. The van der Waals surface area contributed by atoms with Crippen LogP contribution in [-0.2, 0) is 6.18 Å². The summed E-state index contributed by atoms with van der Waals surface area (Å²) in [6, 6.07) is 0.483. The zero-order valence-corrected chi connectivity index (χ0v) is 9.09. The van der Waals surface area contributed by atoms with Gasteiger partial charge in [0, 0.05) is 4.47 Å². The molecule has 0 unspecified atom stereocenters. The SMILES string of the molecule is FC(F)c1nc(Cl)c(C(F)(F)F)cc1Br. The monoisotopic (exact) mass is 309 g/mol. The van der Waals surface area contributed by atoms with E-state index in [0.717, 1.165) is 0 Å². The molecule has 1 nitrogen and oxygen atoms in total. The van der Waals surface area contributed by atoms with E-state index in [9.17, 15) is 22.0 Å². The van der Waals surface area contributed by atoms with Crippen LogP contribution in [0.25, 0.3) is 0 Å². The van der Waals surface area contributed by atoms with Gasteiger partial charge in [-0.15, -0.1) is 0 Å². The van der Waals surface area contributed by atoms with Gasteiger partial charge in [-0.3, -0.25) is 0 Å². The highest BCUT2D eigenvalue weighted by atomic mass is 79.9.